The summed E-state index contributed by atoms with van der Waals surface area (Å²) in [6, 6.07) is 0.796. The first-order chi connectivity index (χ1) is 3.89. The average molecular weight is 117 g/mol. The Bertz CT molecular complexity index is 41.8. The van der Waals surface area contributed by atoms with E-state index in [1.807, 2.05) is 0 Å². The SMILES string of the molecule is CO.C[C@@H]1CCCN1. The maximum atomic E-state index is 7.00. The second kappa shape index (κ2) is 5.06. The summed E-state index contributed by atoms with van der Waals surface area (Å²) in [5, 5.41) is 10.3. The molecule has 1 saturated heterocycles. The molecule has 8 heavy (non-hydrogen) atoms. The molecule has 0 aromatic carbocycles. The summed E-state index contributed by atoms with van der Waals surface area (Å²) in [7, 11) is 1.00. The monoisotopic (exact) mass is 117 g/mol. The van der Waals surface area contributed by atoms with Crippen molar-refractivity contribution in [3.63, 3.8) is 0 Å². The van der Waals surface area contributed by atoms with E-state index in [1.165, 1.54) is 19.4 Å². The summed E-state index contributed by atoms with van der Waals surface area (Å²) in [6.45, 7) is 3.47. The summed E-state index contributed by atoms with van der Waals surface area (Å²) in [5.74, 6) is 0. The highest BCUT2D eigenvalue weighted by Crippen LogP contribution is 2.01. The Balaban J connectivity index is 0.000000222. The van der Waals surface area contributed by atoms with Gasteiger partial charge >= 0.3 is 0 Å². The molecule has 1 heterocycles. The predicted molar refractivity (Wildman–Crippen MR) is 34.8 cm³/mol. The fraction of sp³-hybridized carbons (Fsp3) is 1.00. The molecule has 2 N–H and O–H groups in total. The van der Waals surface area contributed by atoms with Gasteiger partial charge in [-0.05, 0) is 26.3 Å². The van der Waals surface area contributed by atoms with Gasteiger partial charge in [0, 0.05) is 13.2 Å². The van der Waals surface area contributed by atoms with Crippen molar-refractivity contribution in [1.29, 1.82) is 0 Å². The summed E-state index contributed by atoms with van der Waals surface area (Å²) in [4.78, 5) is 0. The predicted octanol–water partition coefficient (Wildman–Crippen LogP) is 0.367. The summed E-state index contributed by atoms with van der Waals surface area (Å²) in [5.41, 5.74) is 0. The molecule has 0 radical (unpaired) electrons. The molecule has 2 heteroatoms. The first-order valence-electron chi connectivity index (χ1n) is 3.08. The zero-order valence-corrected chi connectivity index (χ0v) is 5.65. The van der Waals surface area contributed by atoms with Crippen molar-refractivity contribution in [3.8, 4) is 0 Å². The molecule has 0 aromatic heterocycles. The largest absolute Gasteiger partial charge is 0.400 e. The topological polar surface area (TPSA) is 32.3 Å². The first kappa shape index (κ1) is 7.92. The van der Waals surface area contributed by atoms with Gasteiger partial charge in [0.25, 0.3) is 0 Å². The fourth-order valence-corrected chi connectivity index (χ4v) is 0.859. The Morgan fingerprint density at radius 3 is 2.25 bits per heavy atom. The zero-order chi connectivity index (χ0) is 6.41. The van der Waals surface area contributed by atoms with Crippen LogP contribution in [0.2, 0.25) is 0 Å². The molecule has 50 valence electrons. The van der Waals surface area contributed by atoms with Crippen LogP contribution in [0.3, 0.4) is 0 Å². The molecule has 1 atom stereocenters. The molecule has 0 aliphatic carbocycles. The van der Waals surface area contributed by atoms with Gasteiger partial charge in [0.1, 0.15) is 0 Å². The van der Waals surface area contributed by atoms with Gasteiger partial charge in [-0.2, -0.15) is 0 Å². The standard InChI is InChI=1S/C5H11N.CH4O/c1-5-3-2-4-6-5;1-2/h5-6H,2-4H2,1H3;2H,1H3/t5-;/m1./s1. The van der Waals surface area contributed by atoms with Crippen LogP contribution >= 0.6 is 0 Å². The maximum Gasteiger partial charge on any atom is 0.0319 e. The lowest BCUT2D eigenvalue weighted by atomic mass is 10.3. The van der Waals surface area contributed by atoms with Gasteiger partial charge in [-0.15, -0.1) is 0 Å². The molecule has 0 aromatic rings. The molecule has 0 bridgehead atoms. The summed E-state index contributed by atoms with van der Waals surface area (Å²) in [6.07, 6.45) is 2.75. The zero-order valence-electron chi connectivity index (χ0n) is 5.65. The summed E-state index contributed by atoms with van der Waals surface area (Å²) >= 11 is 0. The number of hydrogen-bond acceptors (Lipinski definition) is 2. The minimum atomic E-state index is 0.796. The third kappa shape index (κ3) is 2.99. The van der Waals surface area contributed by atoms with Gasteiger partial charge in [-0.3, -0.25) is 0 Å². The minimum Gasteiger partial charge on any atom is -0.400 e. The van der Waals surface area contributed by atoms with Gasteiger partial charge in [0.15, 0.2) is 0 Å². The highest BCUT2D eigenvalue weighted by Gasteiger charge is 2.05. The van der Waals surface area contributed by atoms with Crippen LogP contribution in [0.25, 0.3) is 0 Å². The van der Waals surface area contributed by atoms with Crippen molar-refractivity contribution in [3.05, 3.63) is 0 Å². The molecular weight excluding hydrogens is 102 g/mol. The lowest BCUT2D eigenvalue weighted by Crippen LogP contribution is -2.16. The van der Waals surface area contributed by atoms with E-state index in [1.54, 1.807) is 0 Å². The lowest BCUT2D eigenvalue weighted by Gasteiger charge is -1.95. The number of rotatable bonds is 0. The molecule has 2 nitrogen and oxygen atoms in total. The van der Waals surface area contributed by atoms with Gasteiger partial charge in [-0.1, -0.05) is 0 Å². The van der Waals surface area contributed by atoms with Crippen LogP contribution in [0.15, 0.2) is 0 Å². The van der Waals surface area contributed by atoms with Gasteiger partial charge in [-0.25, -0.2) is 0 Å². The van der Waals surface area contributed by atoms with E-state index in [0.717, 1.165) is 13.2 Å². The molecule has 1 aliphatic rings. The molecule has 0 amide bonds. The van der Waals surface area contributed by atoms with Crippen molar-refractivity contribution < 1.29 is 5.11 Å². The van der Waals surface area contributed by atoms with Crippen LogP contribution in [0.1, 0.15) is 19.8 Å². The van der Waals surface area contributed by atoms with Crippen molar-refractivity contribution in [2.24, 2.45) is 0 Å². The Hall–Kier alpha value is -0.0800. The van der Waals surface area contributed by atoms with Gasteiger partial charge in [0.05, 0.1) is 0 Å². The number of aliphatic hydroxyl groups is 1. The highest BCUT2D eigenvalue weighted by atomic mass is 16.2. The number of aliphatic hydroxyl groups excluding tert-OH is 1. The van der Waals surface area contributed by atoms with E-state index in [9.17, 15) is 0 Å². The van der Waals surface area contributed by atoms with E-state index in [0.29, 0.717) is 0 Å². The average Bonchev–Trinajstić information content (AvgIpc) is 2.24. The minimum absolute atomic E-state index is 0.796. The van der Waals surface area contributed by atoms with Crippen LogP contribution < -0.4 is 5.32 Å². The molecule has 0 saturated carbocycles. The van der Waals surface area contributed by atoms with E-state index in [-0.39, 0.29) is 0 Å². The van der Waals surface area contributed by atoms with Crippen LogP contribution in [0.4, 0.5) is 0 Å². The normalized spacial score (nSPS) is 26.6. The lowest BCUT2D eigenvalue weighted by molar-refractivity contribution is 0.399. The molecule has 1 rings (SSSR count). The highest BCUT2D eigenvalue weighted by molar-refractivity contribution is 4.67. The van der Waals surface area contributed by atoms with E-state index >= 15 is 0 Å². The fourth-order valence-electron chi connectivity index (χ4n) is 0.859. The smallest absolute Gasteiger partial charge is 0.0319 e. The van der Waals surface area contributed by atoms with E-state index in [2.05, 4.69) is 12.2 Å². The van der Waals surface area contributed by atoms with Crippen LogP contribution in [-0.4, -0.2) is 24.8 Å². The maximum absolute atomic E-state index is 7.00. The van der Waals surface area contributed by atoms with Crippen molar-refractivity contribution in [2.75, 3.05) is 13.7 Å². The molecular formula is C6H15NO. The van der Waals surface area contributed by atoms with Crippen LogP contribution in [-0.2, 0) is 0 Å². The van der Waals surface area contributed by atoms with Gasteiger partial charge < -0.3 is 10.4 Å². The molecule has 0 unspecified atom stereocenters. The molecule has 0 spiro atoms. The van der Waals surface area contributed by atoms with Gasteiger partial charge in [0.2, 0.25) is 0 Å². The third-order valence-corrected chi connectivity index (χ3v) is 1.31. The summed E-state index contributed by atoms with van der Waals surface area (Å²) < 4.78 is 0. The third-order valence-electron chi connectivity index (χ3n) is 1.31. The van der Waals surface area contributed by atoms with Crippen molar-refractivity contribution in [1.82, 2.24) is 5.32 Å². The van der Waals surface area contributed by atoms with E-state index in [4.69, 9.17) is 5.11 Å². The van der Waals surface area contributed by atoms with Crippen molar-refractivity contribution >= 4 is 0 Å². The second-order valence-electron chi connectivity index (χ2n) is 2.00. The second-order valence-corrected chi connectivity index (χ2v) is 2.00. The van der Waals surface area contributed by atoms with E-state index < -0.39 is 0 Å². The Labute approximate surface area is 50.9 Å². The Morgan fingerprint density at radius 2 is 2.12 bits per heavy atom. The first-order valence-corrected chi connectivity index (χ1v) is 3.08. The molecule has 1 aliphatic heterocycles. The Morgan fingerprint density at radius 1 is 1.50 bits per heavy atom. The van der Waals surface area contributed by atoms with Crippen molar-refractivity contribution in [2.45, 2.75) is 25.8 Å². The number of nitrogens with one attached hydrogen (secondary N) is 1. The quantitative estimate of drug-likeness (QED) is 0.480. The van der Waals surface area contributed by atoms with Crippen LogP contribution in [0.5, 0.6) is 0 Å². The Kier molecular flexibility index (Phi) is 5.01. The van der Waals surface area contributed by atoms with Crippen LogP contribution in [0, 0.1) is 0 Å². The molecule has 1 fully saturated rings. The number of hydrogen-bond donors (Lipinski definition) is 2.